The molecule has 0 aromatic heterocycles. The van der Waals surface area contributed by atoms with Gasteiger partial charge in [-0.1, -0.05) is 36.5 Å². The van der Waals surface area contributed by atoms with Crippen LogP contribution in [-0.2, 0) is 0 Å². The Kier molecular flexibility index (Phi) is 7.81. The summed E-state index contributed by atoms with van der Waals surface area (Å²) in [5.41, 5.74) is 0.0210. The van der Waals surface area contributed by atoms with Crippen LogP contribution in [0.4, 0.5) is 12.9 Å². The van der Waals surface area contributed by atoms with Gasteiger partial charge in [0.15, 0.2) is 0 Å². The van der Waals surface area contributed by atoms with Crippen LogP contribution in [-0.4, -0.2) is 13.1 Å². The zero-order chi connectivity index (χ0) is 14.8. The average molecular weight is 324 g/mol. The van der Waals surface area contributed by atoms with Crippen LogP contribution in [0.15, 0.2) is 18.2 Å². The molecule has 1 aliphatic carbocycles. The predicted molar refractivity (Wildman–Crippen MR) is 76.6 cm³/mol. The van der Waals surface area contributed by atoms with Gasteiger partial charge in [-0.05, 0) is 44.6 Å². The molecule has 112 valence electrons. The van der Waals surface area contributed by atoms with E-state index in [1.807, 2.05) is 0 Å². The first kappa shape index (κ1) is 19.6. The fourth-order valence-electron chi connectivity index (χ4n) is 2.99. The normalized spacial score (nSPS) is 22.5. The maximum Gasteiger partial charge on any atom is 1.00 e. The molecule has 2 rings (SSSR count). The fourth-order valence-corrected chi connectivity index (χ4v) is 2.99. The monoisotopic (exact) mass is 324 g/mol. The zero-order valence-corrected chi connectivity index (χ0v) is 16.2. The quantitative estimate of drug-likeness (QED) is 0.761. The maximum absolute atomic E-state index is 13.1. The first-order valence-electron chi connectivity index (χ1n) is 7.39. The van der Waals surface area contributed by atoms with Crippen LogP contribution in [0, 0.1) is 12.8 Å². The minimum absolute atomic E-state index is 0. The molecule has 0 radical (unpaired) electrons. The van der Waals surface area contributed by atoms with Crippen LogP contribution in [0.25, 0.3) is 0 Å². The fraction of sp³-hybridized carbons (Fsp3) is 0.600. The van der Waals surface area contributed by atoms with Gasteiger partial charge < -0.3 is 17.7 Å². The molecule has 1 aromatic rings. The molecule has 0 spiro atoms. The summed E-state index contributed by atoms with van der Waals surface area (Å²) in [6.07, 6.45) is 4.99. The molecule has 1 aromatic carbocycles. The number of aryl methyl sites for hydroxylation is 1. The van der Waals surface area contributed by atoms with Gasteiger partial charge in [0.2, 0.25) is 0 Å². The first-order chi connectivity index (χ1) is 9.41. The molecule has 21 heavy (non-hydrogen) atoms. The van der Waals surface area contributed by atoms with E-state index in [0.29, 0.717) is 11.5 Å². The second-order valence-corrected chi connectivity index (χ2v) is 5.73. The van der Waals surface area contributed by atoms with Crippen LogP contribution in [0.3, 0.4) is 0 Å². The molecule has 0 amide bonds. The smallest absolute Gasteiger partial charge is 0.493 e. The molecule has 1 aliphatic rings. The van der Waals surface area contributed by atoms with E-state index < -0.39 is 12.4 Å². The van der Waals surface area contributed by atoms with Gasteiger partial charge in [-0.15, -0.1) is 0 Å². The van der Waals surface area contributed by atoms with Gasteiger partial charge in [0.05, 0.1) is 5.75 Å². The molecular formula is C15H21BF3KO. The third kappa shape index (κ3) is 5.27. The second-order valence-electron chi connectivity index (χ2n) is 5.73. The van der Waals surface area contributed by atoms with Crippen molar-refractivity contribution in [2.75, 3.05) is 0 Å². The Labute approximate surface area is 167 Å². The van der Waals surface area contributed by atoms with E-state index in [1.54, 1.807) is 13.0 Å². The molecule has 2 atom stereocenters. The van der Waals surface area contributed by atoms with Crippen molar-refractivity contribution in [3.05, 3.63) is 23.8 Å². The molecule has 0 N–H and O–H groups in total. The number of halogens is 3. The maximum atomic E-state index is 13.1. The molecular weight excluding hydrogens is 303 g/mol. The summed E-state index contributed by atoms with van der Waals surface area (Å²) < 4.78 is 45.2. The summed E-state index contributed by atoms with van der Waals surface area (Å²) in [5, 5.41) is 0. The van der Waals surface area contributed by atoms with Gasteiger partial charge in [0.25, 0.3) is 0 Å². The SMILES string of the molecule is CCC1CCCCC1Oc1ccc(C)cc1[B-](F)(F)F.[K+]. The Morgan fingerprint density at radius 3 is 2.48 bits per heavy atom. The number of ether oxygens (including phenoxy) is 1. The number of benzene rings is 1. The van der Waals surface area contributed by atoms with Gasteiger partial charge in [0.1, 0.15) is 6.10 Å². The molecule has 6 heteroatoms. The molecule has 2 unspecified atom stereocenters. The van der Waals surface area contributed by atoms with Crippen LogP contribution >= 0.6 is 0 Å². The topological polar surface area (TPSA) is 9.23 Å². The molecule has 0 heterocycles. The van der Waals surface area contributed by atoms with E-state index >= 15 is 0 Å². The van der Waals surface area contributed by atoms with Crippen molar-refractivity contribution in [1.29, 1.82) is 0 Å². The van der Waals surface area contributed by atoms with E-state index in [-0.39, 0.29) is 63.2 Å². The summed E-state index contributed by atoms with van der Waals surface area (Å²) in [6, 6.07) is 4.35. The number of rotatable bonds is 4. The Bertz CT molecular complexity index is 465. The van der Waals surface area contributed by atoms with Crippen molar-refractivity contribution in [2.24, 2.45) is 5.92 Å². The van der Waals surface area contributed by atoms with Crippen molar-refractivity contribution in [1.82, 2.24) is 0 Å². The minimum Gasteiger partial charge on any atom is -0.493 e. The number of hydrogen-bond acceptors (Lipinski definition) is 1. The van der Waals surface area contributed by atoms with Crippen LogP contribution in [0.2, 0.25) is 0 Å². The second kappa shape index (κ2) is 8.39. The van der Waals surface area contributed by atoms with Gasteiger partial charge in [0, 0.05) is 0 Å². The van der Waals surface area contributed by atoms with E-state index in [4.69, 9.17) is 4.74 Å². The van der Waals surface area contributed by atoms with E-state index in [0.717, 1.165) is 32.1 Å². The van der Waals surface area contributed by atoms with Crippen LogP contribution < -0.4 is 61.6 Å². The van der Waals surface area contributed by atoms with Crippen molar-refractivity contribution < 1.29 is 69.1 Å². The zero-order valence-electron chi connectivity index (χ0n) is 13.0. The van der Waals surface area contributed by atoms with Crippen LogP contribution in [0.1, 0.15) is 44.6 Å². The molecule has 0 saturated heterocycles. The summed E-state index contributed by atoms with van der Waals surface area (Å²) in [6.45, 7) is -1.28. The molecule has 1 saturated carbocycles. The summed E-state index contributed by atoms with van der Waals surface area (Å²) in [5.74, 6) is 0.382. The van der Waals surface area contributed by atoms with E-state index in [2.05, 4.69) is 6.92 Å². The van der Waals surface area contributed by atoms with Gasteiger partial charge >= 0.3 is 58.4 Å². The minimum atomic E-state index is -5.03. The largest absolute Gasteiger partial charge is 1.00 e. The average Bonchev–Trinajstić information content (AvgIpc) is 2.40. The molecule has 0 bridgehead atoms. The van der Waals surface area contributed by atoms with Gasteiger partial charge in [-0.3, -0.25) is 0 Å². The van der Waals surface area contributed by atoms with E-state index in [1.165, 1.54) is 12.1 Å². The Morgan fingerprint density at radius 2 is 1.86 bits per heavy atom. The summed E-state index contributed by atoms with van der Waals surface area (Å²) >= 11 is 0. The van der Waals surface area contributed by atoms with Gasteiger partial charge in [-0.25, -0.2) is 0 Å². The van der Waals surface area contributed by atoms with Crippen LogP contribution in [0.5, 0.6) is 5.75 Å². The van der Waals surface area contributed by atoms with Crippen molar-refractivity contribution in [3.8, 4) is 5.75 Å². The molecule has 1 fully saturated rings. The van der Waals surface area contributed by atoms with E-state index in [9.17, 15) is 12.9 Å². The summed E-state index contributed by atoms with van der Waals surface area (Å²) in [7, 11) is 0. The predicted octanol–water partition coefficient (Wildman–Crippen LogP) is 1.40. The third-order valence-corrected chi connectivity index (χ3v) is 4.16. The Morgan fingerprint density at radius 1 is 1.19 bits per heavy atom. The van der Waals surface area contributed by atoms with Crippen molar-refractivity contribution in [2.45, 2.75) is 52.1 Å². The Hall–Kier alpha value is 0.511. The summed E-state index contributed by atoms with van der Waals surface area (Å²) in [4.78, 5) is 0. The third-order valence-electron chi connectivity index (χ3n) is 4.16. The Balaban J connectivity index is 0.00000220. The van der Waals surface area contributed by atoms with Crippen molar-refractivity contribution >= 4 is 12.4 Å². The number of hydrogen-bond donors (Lipinski definition) is 0. The first-order valence-corrected chi connectivity index (χ1v) is 7.39. The van der Waals surface area contributed by atoms with Gasteiger partial charge in [-0.2, -0.15) is 0 Å². The van der Waals surface area contributed by atoms with Crippen molar-refractivity contribution in [3.63, 3.8) is 0 Å². The standard InChI is InChI=1S/C15H21BF3O.K/c1-3-12-6-4-5-7-14(12)20-15-9-8-11(2)10-13(15)16(17,18)19;/h8-10,12,14H,3-7H2,1-2H3;/q-1;+1. The molecule has 0 aliphatic heterocycles. The molecule has 1 nitrogen and oxygen atoms in total.